The number of fused-ring (bicyclic) bond motifs is 2. The number of ether oxygens (including phenoxy) is 1. The summed E-state index contributed by atoms with van der Waals surface area (Å²) in [6.07, 6.45) is 6.67. The Kier molecular flexibility index (Phi) is 5.67. The Hall–Kier alpha value is -3.02. The maximum absolute atomic E-state index is 9.80. The van der Waals surface area contributed by atoms with Gasteiger partial charge in [0.25, 0.3) is 0 Å². The minimum absolute atomic E-state index is 0.360. The predicted molar refractivity (Wildman–Crippen MR) is 130 cm³/mol. The molecule has 1 aliphatic carbocycles. The molecule has 3 fully saturated rings. The van der Waals surface area contributed by atoms with Gasteiger partial charge in [-0.1, -0.05) is 6.07 Å². The van der Waals surface area contributed by atoms with Crippen LogP contribution in [0.25, 0.3) is 22.2 Å². The van der Waals surface area contributed by atoms with E-state index in [1.165, 1.54) is 32.5 Å². The second kappa shape index (κ2) is 8.97. The molecule has 0 radical (unpaired) electrons. The molecule has 3 atom stereocenters. The maximum Gasteiger partial charge on any atom is 0.166 e. The number of rotatable bonds is 5. The van der Waals surface area contributed by atoms with Crippen molar-refractivity contribution in [1.82, 2.24) is 24.9 Å². The Morgan fingerprint density at radius 1 is 1.12 bits per heavy atom. The number of aryl methyl sites for hydroxylation is 1. The minimum Gasteiger partial charge on any atom is -0.381 e. The first-order valence-electron chi connectivity index (χ1n) is 12.4. The van der Waals surface area contributed by atoms with Crippen LogP contribution in [0.15, 0.2) is 30.5 Å². The van der Waals surface area contributed by atoms with Crippen molar-refractivity contribution in [2.75, 3.05) is 38.2 Å². The van der Waals surface area contributed by atoms with Gasteiger partial charge in [-0.25, -0.2) is 0 Å². The van der Waals surface area contributed by atoms with E-state index in [4.69, 9.17) is 4.74 Å². The van der Waals surface area contributed by atoms with Crippen LogP contribution in [0, 0.1) is 29.1 Å². The van der Waals surface area contributed by atoms with Crippen molar-refractivity contribution in [2.45, 2.75) is 31.7 Å². The lowest BCUT2D eigenvalue weighted by Crippen LogP contribution is -2.32. The molecule has 0 amide bonds. The van der Waals surface area contributed by atoms with Gasteiger partial charge in [-0.2, -0.15) is 10.4 Å². The normalized spacial score (nSPS) is 25.5. The third-order valence-corrected chi connectivity index (χ3v) is 7.85. The van der Waals surface area contributed by atoms with Gasteiger partial charge >= 0.3 is 0 Å². The van der Waals surface area contributed by atoms with Crippen molar-refractivity contribution < 1.29 is 4.74 Å². The lowest BCUT2D eigenvalue weighted by Gasteiger charge is -2.27. The summed E-state index contributed by atoms with van der Waals surface area (Å²) < 4.78 is 7.32. The fraction of sp³-hybridized carbons (Fsp3) is 0.538. The van der Waals surface area contributed by atoms with E-state index in [0.717, 1.165) is 60.3 Å². The zero-order valence-electron chi connectivity index (χ0n) is 19.7. The molecule has 176 valence electrons. The van der Waals surface area contributed by atoms with Gasteiger partial charge in [-0.05, 0) is 61.6 Å². The molecule has 34 heavy (non-hydrogen) atoms. The van der Waals surface area contributed by atoms with E-state index in [0.29, 0.717) is 23.1 Å². The minimum atomic E-state index is 0.360. The number of aromatic nitrogens is 4. The topological polar surface area (TPSA) is 91.9 Å². The molecular weight excluding hydrogens is 426 g/mol. The van der Waals surface area contributed by atoms with Crippen LogP contribution in [0.3, 0.4) is 0 Å². The molecule has 2 saturated heterocycles. The van der Waals surface area contributed by atoms with Crippen LogP contribution in [-0.2, 0) is 11.8 Å². The van der Waals surface area contributed by atoms with E-state index in [9.17, 15) is 5.26 Å². The molecule has 2 aromatic heterocycles. The molecule has 2 aliphatic heterocycles. The third kappa shape index (κ3) is 4.26. The molecule has 4 heterocycles. The van der Waals surface area contributed by atoms with E-state index in [-0.39, 0.29) is 0 Å². The average Bonchev–Trinajstić information content (AvgIpc) is 3.51. The van der Waals surface area contributed by atoms with Gasteiger partial charge in [0.2, 0.25) is 0 Å². The van der Waals surface area contributed by atoms with Crippen molar-refractivity contribution in [3.8, 4) is 17.3 Å². The van der Waals surface area contributed by atoms with Crippen molar-refractivity contribution >= 4 is 16.7 Å². The highest BCUT2D eigenvalue weighted by molar-refractivity contribution is 5.83. The fourth-order valence-corrected chi connectivity index (χ4v) is 6.18. The number of nitrogens with one attached hydrogen (secondary N) is 1. The zero-order chi connectivity index (χ0) is 23.1. The highest BCUT2D eigenvalue weighted by Gasteiger charge is 2.41. The number of likely N-dealkylation sites (tertiary alicyclic amines) is 1. The highest BCUT2D eigenvalue weighted by Crippen LogP contribution is 2.40. The van der Waals surface area contributed by atoms with Crippen molar-refractivity contribution in [3.63, 3.8) is 0 Å². The SMILES string of the molecule is Cn1cc2cc(-c3cc(C#N)c(N[C@@H]4C[C@@H]5CN(CC6CCOCC6)C[C@@H]5C4)nn3)ccc2n1. The van der Waals surface area contributed by atoms with E-state index in [2.05, 4.69) is 31.6 Å². The average molecular weight is 458 g/mol. The second-order valence-corrected chi connectivity index (χ2v) is 10.3. The van der Waals surface area contributed by atoms with E-state index >= 15 is 0 Å². The van der Waals surface area contributed by atoms with E-state index in [1.54, 1.807) is 4.68 Å². The predicted octanol–water partition coefficient (Wildman–Crippen LogP) is 3.45. The number of nitrogens with zero attached hydrogens (tertiary/aromatic N) is 6. The Morgan fingerprint density at radius 2 is 1.91 bits per heavy atom. The van der Waals surface area contributed by atoms with Crippen LogP contribution in [0.2, 0.25) is 0 Å². The lowest BCUT2D eigenvalue weighted by atomic mass is 10.00. The molecule has 0 spiro atoms. The van der Waals surface area contributed by atoms with Crippen LogP contribution >= 0.6 is 0 Å². The molecule has 1 saturated carbocycles. The smallest absolute Gasteiger partial charge is 0.166 e. The Bertz CT molecular complexity index is 1210. The van der Waals surface area contributed by atoms with Crippen molar-refractivity contribution in [2.24, 2.45) is 24.8 Å². The summed E-state index contributed by atoms with van der Waals surface area (Å²) in [5.41, 5.74) is 3.14. The van der Waals surface area contributed by atoms with E-state index in [1.807, 2.05) is 37.5 Å². The first kappa shape index (κ1) is 21.5. The van der Waals surface area contributed by atoms with Crippen LogP contribution in [-0.4, -0.2) is 63.8 Å². The number of benzene rings is 1. The zero-order valence-corrected chi connectivity index (χ0v) is 19.7. The van der Waals surface area contributed by atoms with Gasteiger partial charge in [0, 0.05) is 63.1 Å². The molecule has 3 aliphatic rings. The Labute approximate surface area is 199 Å². The quantitative estimate of drug-likeness (QED) is 0.627. The van der Waals surface area contributed by atoms with Gasteiger partial charge in [-0.15, -0.1) is 10.2 Å². The first-order valence-corrected chi connectivity index (χ1v) is 12.4. The van der Waals surface area contributed by atoms with Gasteiger partial charge in [0.15, 0.2) is 5.82 Å². The summed E-state index contributed by atoms with van der Waals surface area (Å²) in [4.78, 5) is 2.68. The number of hydrogen-bond donors (Lipinski definition) is 1. The molecule has 0 bridgehead atoms. The first-order chi connectivity index (χ1) is 16.6. The number of nitriles is 1. The maximum atomic E-state index is 9.80. The lowest BCUT2D eigenvalue weighted by molar-refractivity contribution is 0.0545. The summed E-state index contributed by atoms with van der Waals surface area (Å²) in [7, 11) is 1.91. The molecular formula is C26H31N7O. The third-order valence-electron chi connectivity index (χ3n) is 7.85. The Balaban J connectivity index is 1.10. The standard InChI is InChI=1S/C26H31N7O/c1-32-14-22-8-18(2-3-24(22)31-32)25-11-19(12-27)26(30-29-25)28-23-9-20-15-33(16-21(20)10-23)13-17-4-6-34-7-5-17/h2-3,8,11,14,17,20-21,23H,4-7,9-10,13,15-16H2,1H3,(H,28,30)/t20-,21+,23-. The summed E-state index contributed by atoms with van der Waals surface area (Å²) in [6.45, 7) is 5.48. The van der Waals surface area contributed by atoms with Crippen LogP contribution in [0.1, 0.15) is 31.2 Å². The van der Waals surface area contributed by atoms with Crippen LogP contribution in [0.4, 0.5) is 5.82 Å². The summed E-state index contributed by atoms with van der Waals surface area (Å²) in [5, 5.41) is 27.7. The highest BCUT2D eigenvalue weighted by atomic mass is 16.5. The monoisotopic (exact) mass is 457 g/mol. The summed E-state index contributed by atoms with van der Waals surface area (Å²) >= 11 is 0. The molecule has 1 N–H and O–H groups in total. The van der Waals surface area contributed by atoms with E-state index < -0.39 is 0 Å². The Morgan fingerprint density at radius 3 is 2.68 bits per heavy atom. The van der Waals surface area contributed by atoms with Crippen molar-refractivity contribution in [3.05, 3.63) is 36.0 Å². The summed E-state index contributed by atoms with van der Waals surface area (Å²) in [5.74, 6) is 2.88. The van der Waals surface area contributed by atoms with Gasteiger partial charge in [-0.3, -0.25) is 4.68 Å². The van der Waals surface area contributed by atoms with Crippen LogP contribution < -0.4 is 5.32 Å². The molecule has 0 unspecified atom stereocenters. The molecule has 1 aromatic carbocycles. The fourth-order valence-electron chi connectivity index (χ4n) is 6.18. The van der Waals surface area contributed by atoms with Gasteiger partial charge in [0.1, 0.15) is 6.07 Å². The van der Waals surface area contributed by atoms with Crippen molar-refractivity contribution in [1.29, 1.82) is 5.26 Å². The number of anilines is 1. The summed E-state index contributed by atoms with van der Waals surface area (Å²) in [6, 6.07) is 10.5. The molecule has 3 aromatic rings. The second-order valence-electron chi connectivity index (χ2n) is 10.3. The molecule has 6 rings (SSSR count). The largest absolute Gasteiger partial charge is 0.381 e. The number of hydrogen-bond acceptors (Lipinski definition) is 7. The van der Waals surface area contributed by atoms with Gasteiger partial charge in [0.05, 0.1) is 16.8 Å². The van der Waals surface area contributed by atoms with Crippen LogP contribution in [0.5, 0.6) is 0 Å². The molecule has 8 nitrogen and oxygen atoms in total. The van der Waals surface area contributed by atoms with Gasteiger partial charge < -0.3 is 15.0 Å². The molecule has 8 heteroatoms.